The van der Waals surface area contributed by atoms with Crippen molar-refractivity contribution in [3.63, 3.8) is 0 Å². The summed E-state index contributed by atoms with van der Waals surface area (Å²) in [6.45, 7) is 0. The Morgan fingerprint density at radius 2 is 2.10 bits per heavy atom. The van der Waals surface area contributed by atoms with E-state index in [1.54, 1.807) is 18.2 Å². The van der Waals surface area contributed by atoms with Crippen LogP contribution in [0.2, 0.25) is 0 Å². The third-order valence-corrected chi connectivity index (χ3v) is 4.84. The number of thiophene rings is 1. The van der Waals surface area contributed by atoms with Gasteiger partial charge in [-0.25, -0.2) is 4.98 Å². The molecule has 0 atom stereocenters. The van der Waals surface area contributed by atoms with E-state index in [1.165, 1.54) is 22.7 Å². The van der Waals surface area contributed by atoms with Crippen LogP contribution in [-0.2, 0) is 11.2 Å². The van der Waals surface area contributed by atoms with E-state index in [2.05, 4.69) is 4.98 Å². The number of aromatic hydroxyl groups is 1. The summed E-state index contributed by atoms with van der Waals surface area (Å²) in [5.41, 5.74) is 1.70. The van der Waals surface area contributed by atoms with E-state index in [1.807, 2.05) is 23.6 Å². The zero-order valence-corrected chi connectivity index (χ0v) is 12.4. The predicted octanol–water partition coefficient (Wildman–Crippen LogP) is 3.87. The number of thiazole rings is 1. The van der Waals surface area contributed by atoms with Gasteiger partial charge in [0.05, 0.1) is 17.0 Å². The third kappa shape index (κ3) is 3.12. The van der Waals surface area contributed by atoms with E-state index in [0.29, 0.717) is 0 Å². The van der Waals surface area contributed by atoms with Crippen LogP contribution in [0.25, 0.3) is 21.1 Å². The molecular weight excluding hydrogens is 306 g/mol. The van der Waals surface area contributed by atoms with Crippen LogP contribution in [0.4, 0.5) is 0 Å². The van der Waals surface area contributed by atoms with Crippen molar-refractivity contribution in [2.75, 3.05) is 0 Å². The number of phenolic OH excluding ortho intramolecular Hbond substituents is 1. The number of nitrogens with zero attached hydrogens (tertiary/aromatic N) is 1. The van der Waals surface area contributed by atoms with E-state index in [-0.39, 0.29) is 12.2 Å². The number of benzene rings is 1. The number of aromatic nitrogens is 1. The lowest BCUT2D eigenvalue weighted by atomic mass is 10.2. The summed E-state index contributed by atoms with van der Waals surface area (Å²) in [6.07, 6.45) is 0.0359. The molecule has 0 aliphatic heterocycles. The normalized spacial score (nSPS) is 10.7. The van der Waals surface area contributed by atoms with Crippen LogP contribution in [-0.4, -0.2) is 21.2 Å². The topological polar surface area (TPSA) is 70.4 Å². The Balaban J connectivity index is 1.88. The number of hydrogen-bond donors (Lipinski definition) is 2. The molecule has 0 amide bonds. The molecule has 2 aromatic heterocycles. The lowest BCUT2D eigenvalue weighted by Crippen LogP contribution is -1.96. The Hall–Kier alpha value is -2.18. The standard InChI is InChI=1S/C15H11NO3S2/c17-10-3-1-2-9(6-10)15-16-12(8-20-15)13-5-4-11(21-13)7-14(18)19/h1-6,8,17H,7H2,(H,18,19). The molecule has 6 heteroatoms. The smallest absolute Gasteiger partial charge is 0.308 e. The number of carboxylic acid groups (broad SMARTS) is 1. The highest BCUT2D eigenvalue weighted by molar-refractivity contribution is 7.16. The molecule has 0 aliphatic rings. The van der Waals surface area contributed by atoms with Gasteiger partial charge in [0.25, 0.3) is 0 Å². The van der Waals surface area contributed by atoms with Crippen LogP contribution in [0.3, 0.4) is 0 Å². The number of carbonyl (C=O) groups is 1. The first-order valence-electron chi connectivity index (χ1n) is 6.17. The monoisotopic (exact) mass is 317 g/mol. The summed E-state index contributed by atoms with van der Waals surface area (Å²) in [5, 5.41) is 21.1. The highest BCUT2D eigenvalue weighted by Crippen LogP contribution is 2.33. The van der Waals surface area contributed by atoms with Crippen molar-refractivity contribution in [2.45, 2.75) is 6.42 Å². The fourth-order valence-corrected chi connectivity index (χ4v) is 3.77. The quantitative estimate of drug-likeness (QED) is 0.766. The van der Waals surface area contributed by atoms with E-state index < -0.39 is 5.97 Å². The molecule has 3 aromatic rings. The van der Waals surface area contributed by atoms with Gasteiger partial charge in [-0.05, 0) is 24.3 Å². The van der Waals surface area contributed by atoms with Gasteiger partial charge in [-0.1, -0.05) is 12.1 Å². The van der Waals surface area contributed by atoms with E-state index >= 15 is 0 Å². The number of phenols is 1. The molecule has 1 aromatic carbocycles. The van der Waals surface area contributed by atoms with Gasteiger partial charge >= 0.3 is 5.97 Å². The first-order chi connectivity index (χ1) is 10.1. The molecule has 0 spiro atoms. The zero-order chi connectivity index (χ0) is 14.8. The van der Waals surface area contributed by atoms with Gasteiger partial charge in [0.1, 0.15) is 10.8 Å². The van der Waals surface area contributed by atoms with Gasteiger partial charge in [0, 0.05) is 15.8 Å². The van der Waals surface area contributed by atoms with E-state index in [9.17, 15) is 9.90 Å². The van der Waals surface area contributed by atoms with E-state index in [0.717, 1.165) is 26.0 Å². The number of carboxylic acids is 1. The Bertz CT molecular complexity index is 792. The molecular formula is C15H11NO3S2. The molecule has 3 rings (SSSR count). The van der Waals surface area contributed by atoms with Crippen LogP contribution < -0.4 is 0 Å². The summed E-state index contributed by atoms with van der Waals surface area (Å²) >= 11 is 2.94. The average molecular weight is 317 g/mol. The van der Waals surface area contributed by atoms with Crippen molar-refractivity contribution >= 4 is 28.6 Å². The molecule has 0 bridgehead atoms. The van der Waals surface area contributed by atoms with Gasteiger partial charge in [-0.2, -0.15) is 0 Å². The second-order valence-corrected chi connectivity index (χ2v) is 6.45. The van der Waals surface area contributed by atoms with Crippen LogP contribution in [0.15, 0.2) is 41.8 Å². The van der Waals surface area contributed by atoms with Crippen LogP contribution in [0.5, 0.6) is 5.75 Å². The zero-order valence-electron chi connectivity index (χ0n) is 10.8. The maximum Gasteiger partial charge on any atom is 0.308 e. The maximum atomic E-state index is 10.7. The fourth-order valence-electron chi connectivity index (χ4n) is 1.92. The van der Waals surface area contributed by atoms with Crippen molar-refractivity contribution in [1.29, 1.82) is 0 Å². The largest absolute Gasteiger partial charge is 0.508 e. The first-order valence-corrected chi connectivity index (χ1v) is 7.87. The highest BCUT2D eigenvalue weighted by Gasteiger charge is 2.10. The van der Waals surface area contributed by atoms with Crippen LogP contribution in [0, 0.1) is 0 Å². The molecule has 2 heterocycles. The Kier molecular flexibility index (Phi) is 3.72. The number of aliphatic carboxylic acids is 1. The second kappa shape index (κ2) is 5.67. The third-order valence-electron chi connectivity index (χ3n) is 2.84. The van der Waals surface area contributed by atoms with Crippen LogP contribution >= 0.6 is 22.7 Å². The summed E-state index contributed by atoms with van der Waals surface area (Å²) < 4.78 is 0. The van der Waals surface area contributed by atoms with Crippen LogP contribution in [0.1, 0.15) is 4.88 Å². The van der Waals surface area contributed by atoms with Gasteiger partial charge in [0.15, 0.2) is 0 Å². The molecule has 0 fully saturated rings. The Labute approximate surface area is 129 Å². The summed E-state index contributed by atoms with van der Waals surface area (Å²) in [4.78, 5) is 17.0. The van der Waals surface area contributed by atoms with Crippen molar-refractivity contribution in [3.8, 4) is 26.9 Å². The molecule has 0 aliphatic carbocycles. The van der Waals surface area contributed by atoms with Gasteiger partial charge < -0.3 is 10.2 Å². The lowest BCUT2D eigenvalue weighted by Gasteiger charge is -1.96. The molecule has 0 saturated heterocycles. The van der Waals surface area contributed by atoms with Gasteiger partial charge in [-0.15, -0.1) is 22.7 Å². The van der Waals surface area contributed by atoms with Gasteiger partial charge in [-0.3, -0.25) is 4.79 Å². The molecule has 0 radical (unpaired) electrons. The summed E-state index contributed by atoms with van der Waals surface area (Å²) in [7, 11) is 0. The molecule has 4 nitrogen and oxygen atoms in total. The summed E-state index contributed by atoms with van der Waals surface area (Å²) in [6, 6.07) is 10.7. The minimum atomic E-state index is -0.831. The fraction of sp³-hybridized carbons (Fsp3) is 0.0667. The van der Waals surface area contributed by atoms with Gasteiger partial charge in [0.2, 0.25) is 0 Å². The Morgan fingerprint density at radius 1 is 1.24 bits per heavy atom. The predicted molar refractivity (Wildman–Crippen MR) is 83.9 cm³/mol. The number of rotatable bonds is 4. The molecule has 2 N–H and O–H groups in total. The minimum absolute atomic E-state index is 0.0359. The average Bonchev–Trinajstić information content (AvgIpc) is 3.06. The van der Waals surface area contributed by atoms with Crippen molar-refractivity contribution in [3.05, 3.63) is 46.7 Å². The highest BCUT2D eigenvalue weighted by atomic mass is 32.1. The molecule has 0 saturated carbocycles. The SMILES string of the molecule is O=C(O)Cc1ccc(-c2csc(-c3cccc(O)c3)n2)s1. The van der Waals surface area contributed by atoms with E-state index in [4.69, 9.17) is 5.11 Å². The number of hydrogen-bond acceptors (Lipinski definition) is 5. The molecule has 21 heavy (non-hydrogen) atoms. The maximum absolute atomic E-state index is 10.7. The lowest BCUT2D eigenvalue weighted by molar-refractivity contribution is -0.136. The van der Waals surface area contributed by atoms with Crippen molar-refractivity contribution in [2.24, 2.45) is 0 Å². The molecule has 0 unspecified atom stereocenters. The minimum Gasteiger partial charge on any atom is -0.508 e. The summed E-state index contributed by atoms with van der Waals surface area (Å²) in [5.74, 6) is -0.619. The Morgan fingerprint density at radius 3 is 2.86 bits per heavy atom. The first kappa shape index (κ1) is 13.8. The van der Waals surface area contributed by atoms with Crippen molar-refractivity contribution < 1.29 is 15.0 Å². The van der Waals surface area contributed by atoms with Crippen molar-refractivity contribution in [1.82, 2.24) is 4.98 Å². The second-order valence-electron chi connectivity index (χ2n) is 4.42. The molecule has 106 valence electrons.